The number of carboxylic acid groups (broad SMARTS) is 1. The number of carboxylic acids is 1. The van der Waals surface area contributed by atoms with Gasteiger partial charge in [-0.2, -0.15) is 0 Å². The molecule has 0 radical (unpaired) electrons. The third kappa shape index (κ3) is 10.6. The number of aliphatic hydroxyl groups excluding tert-OH is 3. The van der Waals surface area contributed by atoms with E-state index in [4.69, 9.17) is 9.84 Å². The number of hydrogen-bond donors (Lipinski definition) is 4. The fourth-order valence-corrected chi connectivity index (χ4v) is 2.82. The van der Waals surface area contributed by atoms with Gasteiger partial charge in [-0.25, -0.2) is 0 Å². The molecule has 0 spiro atoms. The van der Waals surface area contributed by atoms with Crippen molar-refractivity contribution >= 4 is 5.97 Å². The SMILES string of the molecule is CC[C@H](O)[C@H]1C[C@@H](O)[C@H](/C=C/[C@H](O)C/C=C\C/C=C\C/C=C\CCC(=O)O)O1. The number of aliphatic carboxylic acids is 1. The van der Waals surface area contributed by atoms with Crippen molar-refractivity contribution in [1.82, 2.24) is 0 Å². The number of carbonyl (C=O) groups is 1. The van der Waals surface area contributed by atoms with E-state index in [1.54, 1.807) is 12.2 Å². The Morgan fingerprint density at radius 2 is 1.75 bits per heavy atom. The van der Waals surface area contributed by atoms with E-state index >= 15 is 0 Å². The van der Waals surface area contributed by atoms with Crippen molar-refractivity contribution < 1.29 is 30.0 Å². The van der Waals surface area contributed by atoms with Crippen LogP contribution in [0.5, 0.6) is 0 Å². The second-order valence-corrected chi connectivity index (χ2v) is 6.92. The summed E-state index contributed by atoms with van der Waals surface area (Å²) in [6.07, 6.45) is 16.0. The average molecular weight is 395 g/mol. The molecule has 158 valence electrons. The zero-order valence-electron chi connectivity index (χ0n) is 16.6. The molecule has 0 bridgehead atoms. The van der Waals surface area contributed by atoms with Crippen LogP contribution in [0, 0.1) is 0 Å². The lowest BCUT2D eigenvalue weighted by molar-refractivity contribution is -0.136. The summed E-state index contributed by atoms with van der Waals surface area (Å²) in [6.45, 7) is 1.87. The van der Waals surface area contributed by atoms with Gasteiger partial charge in [0.05, 0.1) is 24.4 Å². The van der Waals surface area contributed by atoms with Crippen molar-refractivity contribution in [3.8, 4) is 0 Å². The maximum absolute atomic E-state index is 10.3. The molecular weight excluding hydrogens is 360 g/mol. The molecule has 5 atom stereocenters. The first-order valence-electron chi connectivity index (χ1n) is 9.98. The molecule has 1 fully saturated rings. The van der Waals surface area contributed by atoms with Crippen molar-refractivity contribution in [3.05, 3.63) is 48.6 Å². The Morgan fingerprint density at radius 3 is 2.39 bits per heavy atom. The van der Waals surface area contributed by atoms with E-state index in [1.807, 2.05) is 43.4 Å². The standard InChI is InChI=1S/C22H34O6/c1-2-18(24)21-16-19(25)20(28-21)15-14-17(23)12-10-8-6-4-3-5-7-9-11-13-22(26)27/h3-4,7-10,14-15,17-21,23-25H,2,5-6,11-13,16H2,1H3,(H,26,27)/b4-3-,9-7-,10-8-,15-14+/t17-,18+,19-,20+,21-/m1/s1. The van der Waals surface area contributed by atoms with E-state index in [0.29, 0.717) is 25.7 Å². The highest BCUT2D eigenvalue weighted by Gasteiger charge is 2.35. The molecule has 1 rings (SSSR count). The number of allylic oxidation sites excluding steroid dienone is 5. The number of ether oxygens (including phenoxy) is 1. The van der Waals surface area contributed by atoms with Crippen LogP contribution in [-0.2, 0) is 9.53 Å². The van der Waals surface area contributed by atoms with E-state index in [9.17, 15) is 20.1 Å². The number of rotatable bonds is 13. The fourth-order valence-electron chi connectivity index (χ4n) is 2.82. The lowest BCUT2D eigenvalue weighted by Gasteiger charge is -2.16. The van der Waals surface area contributed by atoms with Crippen LogP contribution < -0.4 is 0 Å². The monoisotopic (exact) mass is 394 g/mol. The third-order valence-electron chi connectivity index (χ3n) is 4.50. The first-order valence-corrected chi connectivity index (χ1v) is 9.98. The van der Waals surface area contributed by atoms with Gasteiger partial charge in [-0.3, -0.25) is 4.79 Å². The summed E-state index contributed by atoms with van der Waals surface area (Å²) in [5, 5.41) is 38.3. The molecule has 0 saturated carbocycles. The van der Waals surface area contributed by atoms with Gasteiger partial charge in [0, 0.05) is 12.8 Å². The van der Waals surface area contributed by atoms with Crippen LogP contribution in [0.2, 0.25) is 0 Å². The van der Waals surface area contributed by atoms with E-state index in [1.165, 1.54) is 0 Å². The molecule has 0 amide bonds. The van der Waals surface area contributed by atoms with Crippen molar-refractivity contribution in [2.45, 2.75) is 82.4 Å². The van der Waals surface area contributed by atoms with Gasteiger partial charge in [0.1, 0.15) is 6.10 Å². The average Bonchev–Trinajstić information content (AvgIpc) is 3.04. The molecule has 0 aromatic rings. The molecule has 0 unspecified atom stereocenters. The lowest BCUT2D eigenvalue weighted by Crippen LogP contribution is -2.25. The second kappa shape index (κ2) is 14.3. The molecule has 1 heterocycles. The zero-order valence-corrected chi connectivity index (χ0v) is 16.6. The van der Waals surface area contributed by atoms with Crippen LogP contribution in [0.3, 0.4) is 0 Å². The molecule has 0 aromatic heterocycles. The summed E-state index contributed by atoms with van der Waals surface area (Å²) in [4.78, 5) is 10.3. The summed E-state index contributed by atoms with van der Waals surface area (Å²) < 4.78 is 5.63. The Kier molecular flexibility index (Phi) is 12.4. The topological polar surface area (TPSA) is 107 Å². The first-order chi connectivity index (χ1) is 13.4. The number of hydrogen-bond acceptors (Lipinski definition) is 5. The maximum Gasteiger partial charge on any atom is 0.303 e. The molecule has 0 aliphatic carbocycles. The summed E-state index contributed by atoms with van der Waals surface area (Å²) >= 11 is 0. The Balaban J connectivity index is 2.18. The smallest absolute Gasteiger partial charge is 0.303 e. The Labute approximate surface area is 167 Å². The third-order valence-corrected chi connectivity index (χ3v) is 4.50. The summed E-state index contributed by atoms with van der Waals surface area (Å²) in [6, 6.07) is 0. The fraction of sp³-hybridized carbons (Fsp3) is 0.591. The minimum Gasteiger partial charge on any atom is -0.481 e. The highest BCUT2D eigenvalue weighted by atomic mass is 16.5. The van der Waals surface area contributed by atoms with Gasteiger partial charge in [-0.05, 0) is 32.1 Å². The molecule has 28 heavy (non-hydrogen) atoms. The van der Waals surface area contributed by atoms with Gasteiger partial charge in [0.2, 0.25) is 0 Å². The minimum absolute atomic E-state index is 0.160. The maximum atomic E-state index is 10.3. The molecule has 1 saturated heterocycles. The molecular formula is C22H34O6. The van der Waals surface area contributed by atoms with E-state index < -0.39 is 30.4 Å². The zero-order chi connectivity index (χ0) is 20.8. The van der Waals surface area contributed by atoms with Gasteiger partial charge >= 0.3 is 5.97 Å². The summed E-state index contributed by atoms with van der Waals surface area (Å²) in [5.74, 6) is -0.784. The Hall–Kier alpha value is -1.73. The van der Waals surface area contributed by atoms with E-state index in [0.717, 1.165) is 12.8 Å². The van der Waals surface area contributed by atoms with Crippen LogP contribution in [0.25, 0.3) is 0 Å². The molecule has 1 aliphatic rings. The second-order valence-electron chi connectivity index (χ2n) is 6.92. The first kappa shape index (κ1) is 24.3. The molecule has 6 heteroatoms. The Morgan fingerprint density at radius 1 is 1.11 bits per heavy atom. The van der Waals surface area contributed by atoms with Crippen LogP contribution in [0.4, 0.5) is 0 Å². The quantitative estimate of drug-likeness (QED) is 0.358. The predicted octanol–water partition coefficient (Wildman–Crippen LogP) is 2.90. The molecule has 1 aliphatic heterocycles. The molecule has 0 aromatic carbocycles. The summed E-state index contributed by atoms with van der Waals surface area (Å²) in [7, 11) is 0. The van der Waals surface area contributed by atoms with Crippen LogP contribution in [-0.4, -0.2) is 56.9 Å². The summed E-state index contributed by atoms with van der Waals surface area (Å²) in [5.41, 5.74) is 0. The minimum atomic E-state index is -0.784. The van der Waals surface area contributed by atoms with Crippen LogP contribution in [0.1, 0.15) is 51.9 Å². The van der Waals surface area contributed by atoms with Gasteiger partial charge in [0.25, 0.3) is 0 Å². The number of aliphatic hydroxyl groups is 3. The normalized spacial score (nSPS) is 25.5. The molecule has 6 nitrogen and oxygen atoms in total. The predicted molar refractivity (Wildman–Crippen MR) is 109 cm³/mol. The largest absolute Gasteiger partial charge is 0.481 e. The van der Waals surface area contributed by atoms with E-state index in [-0.39, 0.29) is 12.5 Å². The highest BCUT2D eigenvalue weighted by Crippen LogP contribution is 2.25. The van der Waals surface area contributed by atoms with Crippen molar-refractivity contribution in [2.75, 3.05) is 0 Å². The lowest BCUT2D eigenvalue weighted by atomic mass is 10.1. The van der Waals surface area contributed by atoms with Gasteiger partial charge < -0.3 is 25.2 Å². The van der Waals surface area contributed by atoms with Crippen molar-refractivity contribution in [3.63, 3.8) is 0 Å². The van der Waals surface area contributed by atoms with Gasteiger partial charge in [-0.15, -0.1) is 0 Å². The van der Waals surface area contributed by atoms with Crippen LogP contribution in [0.15, 0.2) is 48.6 Å². The molecule has 4 N–H and O–H groups in total. The van der Waals surface area contributed by atoms with E-state index in [2.05, 4.69) is 0 Å². The highest BCUT2D eigenvalue weighted by molar-refractivity contribution is 5.66. The van der Waals surface area contributed by atoms with Crippen molar-refractivity contribution in [1.29, 1.82) is 0 Å². The van der Waals surface area contributed by atoms with Gasteiger partial charge in [-0.1, -0.05) is 55.5 Å². The van der Waals surface area contributed by atoms with Crippen LogP contribution >= 0.6 is 0 Å². The van der Waals surface area contributed by atoms with Crippen molar-refractivity contribution in [2.24, 2.45) is 0 Å². The Bertz CT molecular complexity index is 551. The van der Waals surface area contributed by atoms with Gasteiger partial charge in [0.15, 0.2) is 0 Å².